The fourth-order valence-electron chi connectivity index (χ4n) is 2.70. The van der Waals surface area contributed by atoms with Gasteiger partial charge in [0.1, 0.15) is 0 Å². The molecule has 0 aromatic heterocycles. The van der Waals surface area contributed by atoms with Crippen molar-refractivity contribution >= 4 is 39.0 Å². The van der Waals surface area contributed by atoms with Crippen molar-refractivity contribution < 1.29 is 13.5 Å². The minimum atomic E-state index is -2.86. The van der Waals surface area contributed by atoms with Crippen LogP contribution in [0.5, 0.6) is 0 Å². The van der Waals surface area contributed by atoms with Gasteiger partial charge in [0.15, 0.2) is 15.8 Å². The van der Waals surface area contributed by atoms with Crippen molar-refractivity contribution in [1.29, 1.82) is 0 Å². The quantitative estimate of drug-likeness (QED) is 0.440. The highest BCUT2D eigenvalue weighted by molar-refractivity contribution is 7.91. The summed E-state index contributed by atoms with van der Waals surface area (Å²) < 4.78 is 22.9. The summed E-state index contributed by atoms with van der Waals surface area (Å²) in [6.07, 6.45) is -0.816. The molecule has 1 atom stereocenters. The topological polar surface area (TPSA) is 94.0 Å². The van der Waals surface area contributed by atoms with Crippen molar-refractivity contribution in [3.05, 3.63) is 33.8 Å². The normalized spacial score (nSPS) is 18.9. The fourth-order valence-corrected chi connectivity index (χ4v) is 4.52. The number of aliphatic imine (C=N–C) groups is 1. The first-order valence-electron chi connectivity index (χ1n) is 8.88. The Kier molecular flexibility index (Phi) is 8.62. The van der Waals surface area contributed by atoms with Crippen LogP contribution in [0.25, 0.3) is 0 Å². The van der Waals surface area contributed by atoms with Crippen molar-refractivity contribution in [3.63, 3.8) is 0 Å². The minimum Gasteiger partial charge on any atom is -0.386 e. The lowest BCUT2D eigenvalue weighted by molar-refractivity contribution is 0.187. The van der Waals surface area contributed by atoms with Crippen LogP contribution in [0.4, 0.5) is 0 Å². The second kappa shape index (κ2) is 10.5. The van der Waals surface area contributed by atoms with E-state index in [2.05, 4.69) is 20.5 Å². The molecule has 1 heterocycles. The molecule has 2 rings (SSSR count). The lowest BCUT2D eigenvalue weighted by Crippen LogP contribution is -2.46. The van der Waals surface area contributed by atoms with Crippen LogP contribution >= 0.6 is 23.2 Å². The van der Waals surface area contributed by atoms with Crippen LogP contribution < -0.4 is 10.6 Å². The number of aliphatic hydroxyl groups excluding tert-OH is 1. The number of aliphatic hydroxyl groups is 1. The summed E-state index contributed by atoms with van der Waals surface area (Å²) in [5, 5.41) is 17.6. The van der Waals surface area contributed by atoms with Gasteiger partial charge in [-0.05, 0) is 30.7 Å². The molecular formula is C17H26Cl2N4O3S. The lowest BCUT2D eigenvalue weighted by Gasteiger charge is -2.26. The van der Waals surface area contributed by atoms with Gasteiger partial charge in [-0.25, -0.2) is 8.42 Å². The first-order chi connectivity index (χ1) is 12.8. The molecule has 1 aliphatic heterocycles. The van der Waals surface area contributed by atoms with Gasteiger partial charge in [0.25, 0.3) is 0 Å². The molecular weight excluding hydrogens is 411 g/mol. The monoisotopic (exact) mass is 436 g/mol. The van der Waals surface area contributed by atoms with Gasteiger partial charge in [-0.3, -0.25) is 9.89 Å². The van der Waals surface area contributed by atoms with E-state index in [9.17, 15) is 13.5 Å². The molecule has 0 spiro atoms. The third kappa shape index (κ3) is 7.83. The lowest BCUT2D eigenvalue weighted by atomic mass is 10.1. The molecule has 1 aromatic carbocycles. The number of rotatable bonds is 7. The zero-order valence-electron chi connectivity index (χ0n) is 15.3. The molecule has 0 radical (unpaired) electrons. The molecule has 0 bridgehead atoms. The van der Waals surface area contributed by atoms with E-state index in [0.717, 1.165) is 6.54 Å². The maximum absolute atomic E-state index is 11.5. The molecule has 1 aliphatic rings. The number of hydrogen-bond acceptors (Lipinski definition) is 5. The molecule has 152 valence electrons. The largest absolute Gasteiger partial charge is 0.386 e. The zero-order chi connectivity index (χ0) is 19.9. The SMILES string of the molecule is CCNC(=NCC(O)c1cc(Cl)cc(Cl)c1)NCCN1CCS(=O)(=O)CC1. The Morgan fingerprint density at radius 1 is 1.22 bits per heavy atom. The molecule has 1 saturated heterocycles. The van der Waals surface area contributed by atoms with Crippen LogP contribution in [-0.4, -0.2) is 75.2 Å². The Labute approximate surface area is 170 Å². The Morgan fingerprint density at radius 2 is 1.85 bits per heavy atom. The Morgan fingerprint density at radius 3 is 2.44 bits per heavy atom. The fraction of sp³-hybridized carbons (Fsp3) is 0.588. The first kappa shape index (κ1) is 22.2. The van der Waals surface area contributed by atoms with Crippen molar-refractivity contribution in [2.75, 3.05) is 50.8 Å². The number of hydrogen-bond donors (Lipinski definition) is 3. The average molecular weight is 437 g/mol. The number of halogens is 2. The number of nitrogens with zero attached hydrogens (tertiary/aromatic N) is 2. The molecule has 1 fully saturated rings. The van der Waals surface area contributed by atoms with E-state index in [0.29, 0.717) is 47.7 Å². The van der Waals surface area contributed by atoms with Crippen molar-refractivity contribution in [2.24, 2.45) is 4.99 Å². The van der Waals surface area contributed by atoms with Crippen LogP contribution in [0.1, 0.15) is 18.6 Å². The van der Waals surface area contributed by atoms with Crippen LogP contribution in [0.15, 0.2) is 23.2 Å². The first-order valence-corrected chi connectivity index (χ1v) is 11.5. The highest BCUT2D eigenvalue weighted by atomic mass is 35.5. The molecule has 1 aromatic rings. The smallest absolute Gasteiger partial charge is 0.191 e. The van der Waals surface area contributed by atoms with Crippen molar-refractivity contribution in [1.82, 2.24) is 15.5 Å². The van der Waals surface area contributed by atoms with Gasteiger partial charge in [-0.2, -0.15) is 0 Å². The van der Waals surface area contributed by atoms with Crippen LogP contribution in [0, 0.1) is 0 Å². The summed E-state index contributed by atoms with van der Waals surface area (Å²) >= 11 is 11.9. The van der Waals surface area contributed by atoms with Crippen LogP contribution in [0.3, 0.4) is 0 Å². The van der Waals surface area contributed by atoms with Gasteiger partial charge in [-0.15, -0.1) is 0 Å². The predicted molar refractivity (Wildman–Crippen MR) is 110 cm³/mol. The molecule has 10 heteroatoms. The summed E-state index contributed by atoms with van der Waals surface area (Å²) in [6, 6.07) is 4.94. The standard InChI is InChI=1S/C17H26Cl2N4O3S/c1-2-20-17(21-3-4-23-5-7-27(25,26)8-6-23)22-12-16(24)13-9-14(18)11-15(19)10-13/h9-11,16,24H,2-8,12H2,1H3,(H2,20,21,22). The molecule has 0 aliphatic carbocycles. The van der Waals surface area contributed by atoms with Gasteiger partial charge in [0.2, 0.25) is 0 Å². The number of benzene rings is 1. The van der Waals surface area contributed by atoms with Gasteiger partial charge in [0, 0.05) is 42.8 Å². The van der Waals surface area contributed by atoms with Crippen LogP contribution in [0.2, 0.25) is 10.0 Å². The highest BCUT2D eigenvalue weighted by Gasteiger charge is 2.21. The van der Waals surface area contributed by atoms with E-state index in [1.807, 2.05) is 6.92 Å². The Hall–Kier alpha value is -1.06. The summed E-state index contributed by atoms with van der Waals surface area (Å²) in [6.45, 7) is 5.29. The maximum Gasteiger partial charge on any atom is 0.191 e. The van der Waals surface area contributed by atoms with E-state index in [-0.39, 0.29) is 18.1 Å². The zero-order valence-corrected chi connectivity index (χ0v) is 17.6. The van der Waals surface area contributed by atoms with Gasteiger partial charge < -0.3 is 15.7 Å². The van der Waals surface area contributed by atoms with Crippen LogP contribution in [-0.2, 0) is 9.84 Å². The maximum atomic E-state index is 11.5. The summed E-state index contributed by atoms with van der Waals surface area (Å²) in [5.74, 6) is 1.03. The average Bonchev–Trinajstić information content (AvgIpc) is 2.60. The second-order valence-corrected chi connectivity index (χ2v) is 9.53. The third-order valence-electron chi connectivity index (χ3n) is 4.19. The number of nitrogens with one attached hydrogen (secondary N) is 2. The van der Waals surface area contributed by atoms with Crippen molar-refractivity contribution in [2.45, 2.75) is 13.0 Å². The van der Waals surface area contributed by atoms with E-state index in [1.165, 1.54) is 0 Å². The molecule has 3 N–H and O–H groups in total. The van der Waals surface area contributed by atoms with E-state index in [1.54, 1.807) is 18.2 Å². The molecule has 27 heavy (non-hydrogen) atoms. The van der Waals surface area contributed by atoms with Gasteiger partial charge >= 0.3 is 0 Å². The number of guanidine groups is 1. The summed E-state index contributed by atoms with van der Waals surface area (Å²) in [5.41, 5.74) is 0.613. The Bertz CT molecular complexity index is 724. The van der Waals surface area contributed by atoms with Crippen molar-refractivity contribution in [3.8, 4) is 0 Å². The predicted octanol–water partition coefficient (Wildman–Crippen LogP) is 1.31. The number of sulfone groups is 1. The second-order valence-electron chi connectivity index (χ2n) is 6.36. The molecule has 0 amide bonds. The Balaban J connectivity index is 1.84. The summed E-state index contributed by atoms with van der Waals surface area (Å²) in [4.78, 5) is 6.51. The highest BCUT2D eigenvalue weighted by Crippen LogP contribution is 2.23. The molecule has 0 saturated carbocycles. The minimum absolute atomic E-state index is 0.161. The third-order valence-corrected chi connectivity index (χ3v) is 6.24. The van der Waals surface area contributed by atoms with E-state index < -0.39 is 15.9 Å². The molecule has 7 nitrogen and oxygen atoms in total. The van der Waals surface area contributed by atoms with Gasteiger partial charge in [0.05, 0.1) is 24.2 Å². The molecule has 1 unspecified atom stereocenters. The van der Waals surface area contributed by atoms with E-state index >= 15 is 0 Å². The summed E-state index contributed by atoms with van der Waals surface area (Å²) in [7, 11) is -2.86. The van der Waals surface area contributed by atoms with E-state index in [4.69, 9.17) is 23.2 Å². The van der Waals surface area contributed by atoms with Gasteiger partial charge in [-0.1, -0.05) is 23.2 Å².